The highest BCUT2D eigenvalue weighted by molar-refractivity contribution is 7.13. The first-order valence-electron chi connectivity index (χ1n) is 8.31. The Kier molecular flexibility index (Phi) is 4.97. The molecule has 134 valence electrons. The molecule has 0 fully saturated rings. The maximum Gasteiger partial charge on any atom is 0.227 e. The van der Waals surface area contributed by atoms with Gasteiger partial charge < -0.3 is 9.84 Å². The number of carbonyl (C=O) groups excluding carboxylic acids is 1. The number of aryl methyl sites for hydroxylation is 1. The van der Waals surface area contributed by atoms with Crippen LogP contribution >= 0.6 is 11.3 Å². The summed E-state index contributed by atoms with van der Waals surface area (Å²) >= 11 is 1.56. The first-order chi connectivity index (χ1) is 13.3. The maximum atomic E-state index is 12.2. The number of rotatable bonds is 6. The second-order valence-corrected chi connectivity index (χ2v) is 6.61. The molecule has 7 nitrogen and oxygen atoms in total. The number of hydrogen-bond acceptors (Lipinski definition) is 7. The van der Waals surface area contributed by atoms with Gasteiger partial charge in [-0.2, -0.15) is 4.98 Å². The quantitative estimate of drug-likeness (QED) is 0.549. The first kappa shape index (κ1) is 17.0. The molecule has 27 heavy (non-hydrogen) atoms. The van der Waals surface area contributed by atoms with Crippen LogP contribution in [0.15, 0.2) is 64.9 Å². The van der Waals surface area contributed by atoms with E-state index in [-0.39, 0.29) is 12.3 Å². The highest BCUT2D eigenvalue weighted by Crippen LogP contribution is 2.24. The van der Waals surface area contributed by atoms with Crippen molar-refractivity contribution in [1.82, 2.24) is 20.1 Å². The fraction of sp³-hybridized carbons (Fsp3) is 0.105. The van der Waals surface area contributed by atoms with Crippen LogP contribution in [0.3, 0.4) is 0 Å². The summed E-state index contributed by atoms with van der Waals surface area (Å²) in [5.74, 6) is 0.766. The standard InChI is InChI=1S/C19H15N5O2S/c25-16(22-15-5-1-3-13(11-15)19-21-9-10-27-19)6-7-17-23-18(24-26-17)14-4-2-8-20-12-14/h1-5,8-12H,6-7H2,(H,22,25). The van der Waals surface area contributed by atoms with E-state index in [1.165, 1.54) is 0 Å². The lowest BCUT2D eigenvalue weighted by Crippen LogP contribution is -2.12. The number of pyridine rings is 1. The fourth-order valence-corrected chi connectivity index (χ4v) is 3.14. The Morgan fingerprint density at radius 3 is 2.89 bits per heavy atom. The molecule has 3 heterocycles. The zero-order chi connectivity index (χ0) is 18.5. The topological polar surface area (TPSA) is 93.8 Å². The molecule has 0 radical (unpaired) electrons. The molecule has 3 aromatic heterocycles. The summed E-state index contributed by atoms with van der Waals surface area (Å²) in [5, 5.41) is 9.65. The SMILES string of the molecule is O=C(CCc1nc(-c2cccnc2)no1)Nc1cccc(-c2nccs2)c1. The van der Waals surface area contributed by atoms with Gasteiger partial charge in [0.1, 0.15) is 5.01 Å². The first-order valence-corrected chi connectivity index (χ1v) is 9.19. The van der Waals surface area contributed by atoms with Crippen LogP contribution in [-0.2, 0) is 11.2 Å². The van der Waals surface area contributed by atoms with Gasteiger partial charge in [-0.3, -0.25) is 9.78 Å². The molecule has 0 saturated carbocycles. The van der Waals surface area contributed by atoms with Crippen molar-refractivity contribution < 1.29 is 9.32 Å². The molecule has 1 amide bonds. The number of anilines is 1. The van der Waals surface area contributed by atoms with Crippen molar-refractivity contribution in [3.63, 3.8) is 0 Å². The van der Waals surface area contributed by atoms with Crippen LogP contribution in [0, 0.1) is 0 Å². The Morgan fingerprint density at radius 2 is 2.07 bits per heavy atom. The molecule has 0 bridgehead atoms. The Hall–Kier alpha value is -3.39. The smallest absolute Gasteiger partial charge is 0.227 e. The second-order valence-electron chi connectivity index (χ2n) is 5.72. The Labute approximate surface area is 159 Å². The van der Waals surface area contributed by atoms with Gasteiger partial charge in [0, 0.05) is 53.6 Å². The second kappa shape index (κ2) is 7.88. The van der Waals surface area contributed by atoms with Crippen LogP contribution in [0.1, 0.15) is 12.3 Å². The molecular weight excluding hydrogens is 362 g/mol. The number of carbonyl (C=O) groups is 1. The van der Waals surface area contributed by atoms with Crippen molar-refractivity contribution in [2.24, 2.45) is 0 Å². The molecule has 8 heteroatoms. The molecule has 0 saturated heterocycles. The number of hydrogen-bond donors (Lipinski definition) is 1. The van der Waals surface area contributed by atoms with Gasteiger partial charge >= 0.3 is 0 Å². The van der Waals surface area contributed by atoms with E-state index in [0.717, 1.165) is 21.8 Å². The summed E-state index contributed by atoms with van der Waals surface area (Å²) < 4.78 is 5.21. The monoisotopic (exact) mass is 377 g/mol. The van der Waals surface area contributed by atoms with Crippen molar-refractivity contribution in [3.8, 4) is 22.0 Å². The fourth-order valence-electron chi connectivity index (χ4n) is 2.51. The lowest BCUT2D eigenvalue weighted by atomic mass is 10.2. The molecule has 4 rings (SSSR count). The van der Waals surface area contributed by atoms with E-state index in [0.29, 0.717) is 18.1 Å². The lowest BCUT2D eigenvalue weighted by Gasteiger charge is -2.05. The van der Waals surface area contributed by atoms with Gasteiger partial charge in [0.2, 0.25) is 17.6 Å². The van der Waals surface area contributed by atoms with Gasteiger partial charge in [0.25, 0.3) is 0 Å². The third-order valence-electron chi connectivity index (χ3n) is 3.78. The van der Waals surface area contributed by atoms with E-state index in [1.807, 2.05) is 35.7 Å². The van der Waals surface area contributed by atoms with Crippen molar-refractivity contribution in [2.75, 3.05) is 5.32 Å². The average Bonchev–Trinajstić information content (AvgIpc) is 3.40. The Balaban J connectivity index is 1.35. The molecule has 0 aliphatic rings. The van der Waals surface area contributed by atoms with Gasteiger partial charge in [-0.05, 0) is 24.3 Å². The summed E-state index contributed by atoms with van der Waals surface area (Å²) in [7, 11) is 0. The number of nitrogens with one attached hydrogen (secondary N) is 1. The van der Waals surface area contributed by atoms with Crippen LogP contribution in [0.5, 0.6) is 0 Å². The minimum atomic E-state index is -0.118. The minimum Gasteiger partial charge on any atom is -0.339 e. The summed E-state index contributed by atoms with van der Waals surface area (Å²) in [6.07, 6.45) is 5.71. The molecule has 4 aromatic rings. The normalized spacial score (nSPS) is 10.7. The van der Waals surface area contributed by atoms with E-state index in [4.69, 9.17) is 4.52 Å². The largest absolute Gasteiger partial charge is 0.339 e. The Bertz CT molecular complexity index is 1030. The molecule has 0 spiro atoms. The van der Waals surface area contributed by atoms with Gasteiger partial charge in [0.05, 0.1) is 0 Å². The van der Waals surface area contributed by atoms with Crippen molar-refractivity contribution in [2.45, 2.75) is 12.8 Å². The molecule has 1 aromatic carbocycles. The van der Waals surface area contributed by atoms with Gasteiger partial charge in [0.15, 0.2) is 0 Å². The highest BCUT2D eigenvalue weighted by Gasteiger charge is 2.11. The summed E-state index contributed by atoms with van der Waals surface area (Å²) in [6, 6.07) is 11.3. The number of benzene rings is 1. The van der Waals surface area contributed by atoms with Crippen LogP contribution < -0.4 is 5.32 Å². The van der Waals surface area contributed by atoms with Crippen LogP contribution in [0.4, 0.5) is 5.69 Å². The van der Waals surface area contributed by atoms with E-state index < -0.39 is 0 Å². The average molecular weight is 377 g/mol. The third-order valence-corrected chi connectivity index (χ3v) is 4.60. The highest BCUT2D eigenvalue weighted by atomic mass is 32.1. The third kappa shape index (κ3) is 4.24. The number of thiazole rings is 1. The zero-order valence-corrected chi connectivity index (χ0v) is 15.0. The Morgan fingerprint density at radius 1 is 1.15 bits per heavy atom. The van der Waals surface area contributed by atoms with E-state index >= 15 is 0 Å². The molecule has 0 aliphatic heterocycles. The summed E-state index contributed by atoms with van der Waals surface area (Å²) in [6.45, 7) is 0. The van der Waals surface area contributed by atoms with Crippen molar-refractivity contribution in [1.29, 1.82) is 0 Å². The van der Waals surface area contributed by atoms with E-state index in [1.54, 1.807) is 36.0 Å². The van der Waals surface area contributed by atoms with Gasteiger partial charge in [-0.1, -0.05) is 17.3 Å². The lowest BCUT2D eigenvalue weighted by molar-refractivity contribution is -0.116. The number of amides is 1. The molecule has 0 aliphatic carbocycles. The van der Waals surface area contributed by atoms with Crippen LogP contribution in [-0.4, -0.2) is 26.0 Å². The molecular formula is C19H15N5O2S. The zero-order valence-electron chi connectivity index (χ0n) is 14.2. The van der Waals surface area contributed by atoms with Crippen molar-refractivity contribution in [3.05, 3.63) is 66.3 Å². The van der Waals surface area contributed by atoms with Gasteiger partial charge in [-0.15, -0.1) is 11.3 Å². The molecule has 0 unspecified atom stereocenters. The van der Waals surface area contributed by atoms with E-state index in [9.17, 15) is 4.79 Å². The van der Waals surface area contributed by atoms with E-state index in [2.05, 4.69) is 25.4 Å². The summed E-state index contributed by atoms with van der Waals surface area (Å²) in [4.78, 5) is 24.9. The molecule has 1 N–H and O–H groups in total. The van der Waals surface area contributed by atoms with Crippen LogP contribution in [0.25, 0.3) is 22.0 Å². The van der Waals surface area contributed by atoms with Crippen molar-refractivity contribution >= 4 is 22.9 Å². The maximum absolute atomic E-state index is 12.2. The van der Waals surface area contributed by atoms with Crippen LogP contribution in [0.2, 0.25) is 0 Å². The predicted octanol–water partition coefficient (Wildman–Crippen LogP) is 3.83. The number of nitrogens with zero attached hydrogens (tertiary/aromatic N) is 4. The molecule has 0 atom stereocenters. The predicted molar refractivity (Wildman–Crippen MR) is 102 cm³/mol. The van der Waals surface area contributed by atoms with Gasteiger partial charge in [-0.25, -0.2) is 4.98 Å². The minimum absolute atomic E-state index is 0.118. The number of aromatic nitrogens is 4. The summed E-state index contributed by atoms with van der Waals surface area (Å²) in [5.41, 5.74) is 2.48.